The van der Waals surface area contributed by atoms with Crippen LogP contribution in [0.15, 0.2) is 12.1 Å². The van der Waals surface area contributed by atoms with Crippen molar-refractivity contribution < 1.29 is 5.11 Å². The Hall–Kier alpha value is -0.0500. The van der Waals surface area contributed by atoms with E-state index in [1.807, 2.05) is 0 Å². The summed E-state index contributed by atoms with van der Waals surface area (Å²) in [7, 11) is 0. The van der Waals surface area contributed by atoms with Crippen molar-refractivity contribution in [1.82, 2.24) is 0 Å². The highest BCUT2D eigenvalue weighted by atomic mass is 35.5. The summed E-state index contributed by atoms with van der Waals surface area (Å²) in [5.74, 6) is 0.641. The van der Waals surface area contributed by atoms with Gasteiger partial charge in [-0.05, 0) is 31.4 Å². The van der Waals surface area contributed by atoms with Crippen molar-refractivity contribution in [2.24, 2.45) is 0 Å². The van der Waals surface area contributed by atoms with Crippen molar-refractivity contribution in [3.8, 4) is 0 Å². The number of hydrogen-bond acceptors (Lipinski definition) is 2. The first-order chi connectivity index (χ1) is 6.76. The molecule has 0 aliphatic carbocycles. The highest BCUT2D eigenvalue weighted by molar-refractivity contribution is 7.11. The van der Waals surface area contributed by atoms with Crippen LogP contribution >= 0.6 is 22.9 Å². The highest BCUT2D eigenvalue weighted by Crippen LogP contribution is 2.19. The van der Waals surface area contributed by atoms with Crippen molar-refractivity contribution in [3.63, 3.8) is 0 Å². The third-order valence-electron chi connectivity index (χ3n) is 2.17. The van der Waals surface area contributed by atoms with E-state index in [2.05, 4.69) is 19.1 Å². The van der Waals surface area contributed by atoms with E-state index in [9.17, 15) is 5.11 Å². The molecule has 0 amide bonds. The lowest BCUT2D eigenvalue weighted by atomic mass is 10.1. The van der Waals surface area contributed by atoms with Gasteiger partial charge in [-0.3, -0.25) is 0 Å². The summed E-state index contributed by atoms with van der Waals surface area (Å²) in [6, 6.07) is 4.27. The molecule has 0 saturated carbocycles. The van der Waals surface area contributed by atoms with E-state index in [-0.39, 0.29) is 6.10 Å². The Balaban J connectivity index is 2.35. The smallest absolute Gasteiger partial charge is 0.0588 e. The molecule has 0 aromatic carbocycles. The summed E-state index contributed by atoms with van der Waals surface area (Å²) in [5.41, 5.74) is 0. The van der Waals surface area contributed by atoms with Gasteiger partial charge in [0.1, 0.15) is 0 Å². The molecule has 0 radical (unpaired) electrons. The fraction of sp³-hybridized carbons (Fsp3) is 0.636. The Labute approximate surface area is 94.7 Å². The van der Waals surface area contributed by atoms with Crippen LogP contribution in [-0.2, 0) is 12.8 Å². The van der Waals surface area contributed by atoms with Gasteiger partial charge in [0.2, 0.25) is 0 Å². The lowest BCUT2D eigenvalue weighted by Gasteiger charge is -2.07. The third kappa shape index (κ3) is 3.99. The zero-order valence-electron chi connectivity index (χ0n) is 8.50. The fourth-order valence-corrected chi connectivity index (χ4v) is 2.55. The minimum Gasteiger partial charge on any atom is -0.393 e. The lowest BCUT2D eigenvalue weighted by molar-refractivity contribution is 0.165. The molecule has 1 aromatic heterocycles. The van der Waals surface area contributed by atoms with E-state index in [0.29, 0.717) is 5.88 Å². The molecule has 1 rings (SSSR count). The highest BCUT2D eigenvalue weighted by Gasteiger charge is 2.06. The van der Waals surface area contributed by atoms with Gasteiger partial charge >= 0.3 is 0 Å². The molecule has 0 aliphatic rings. The summed E-state index contributed by atoms with van der Waals surface area (Å²) in [5, 5.41) is 9.66. The number of aliphatic hydroxyl groups is 1. The van der Waals surface area contributed by atoms with E-state index in [0.717, 1.165) is 25.7 Å². The molecule has 1 N–H and O–H groups in total. The average molecular weight is 233 g/mol. The van der Waals surface area contributed by atoms with Crippen molar-refractivity contribution in [3.05, 3.63) is 21.9 Å². The first-order valence-electron chi connectivity index (χ1n) is 5.08. The van der Waals surface area contributed by atoms with Gasteiger partial charge in [0, 0.05) is 22.1 Å². The molecule has 80 valence electrons. The molecule has 0 bridgehead atoms. The minimum absolute atomic E-state index is 0.225. The largest absolute Gasteiger partial charge is 0.393 e. The predicted octanol–water partition coefficient (Wildman–Crippen LogP) is 3.23. The summed E-state index contributed by atoms with van der Waals surface area (Å²) in [4.78, 5) is 2.67. The molecule has 0 saturated heterocycles. The van der Waals surface area contributed by atoms with Crippen LogP contribution in [0.25, 0.3) is 0 Å². The summed E-state index contributed by atoms with van der Waals surface area (Å²) in [6.07, 6.45) is 3.35. The average Bonchev–Trinajstić information content (AvgIpc) is 2.62. The maximum Gasteiger partial charge on any atom is 0.0588 e. The van der Waals surface area contributed by atoms with Crippen LogP contribution in [0, 0.1) is 0 Å². The number of aliphatic hydroxyl groups excluding tert-OH is 1. The molecule has 1 unspecified atom stereocenters. The Morgan fingerprint density at radius 1 is 1.43 bits per heavy atom. The topological polar surface area (TPSA) is 20.2 Å². The number of hydrogen-bond donors (Lipinski definition) is 1. The minimum atomic E-state index is -0.225. The molecule has 1 heterocycles. The van der Waals surface area contributed by atoms with Crippen LogP contribution in [0.5, 0.6) is 0 Å². The molecular formula is C11H17ClOS. The molecule has 0 fully saturated rings. The lowest BCUT2D eigenvalue weighted by Crippen LogP contribution is -2.09. The van der Waals surface area contributed by atoms with E-state index >= 15 is 0 Å². The number of thiophene rings is 1. The van der Waals surface area contributed by atoms with Crippen LogP contribution in [0.3, 0.4) is 0 Å². The maximum absolute atomic E-state index is 9.66. The van der Waals surface area contributed by atoms with Gasteiger partial charge in [-0.1, -0.05) is 6.92 Å². The number of rotatable bonds is 6. The van der Waals surface area contributed by atoms with Crippen molar-refractivity contribution in [2.45, 2.75) is 38.7 Å². The second-order valence-corrected chi connectivity index (χ2v) is 5.04. The van der Waals surface area contributed by atoms with Crippen LogP contribution in [0.4, 0.5) is 0 Å². The number of aryl methyl sites for hydroxylation is 1. The number of alkyl halides is 1. The summed E-state index contributed by atoms with van der Waals surface area (Å²) < 4.78 is 0. The molecule has 1 nitrogen and oxygen atoms in total. The Morgan fingerprint density at radius 2 is 2.14 bits per heavy atom. The zero-order valence-corrected chi connectivity index (χ0v) is 10.1. The summed E-state index contributed by atoms with van der Waals surface area (Å²) in [6.45, 7) is 2.15. The van der Waals surface area contributed by atoms with Crippen molar-refractivity contribution >= 4 is 22.9 Å². The Morgan fingerprint density at radius 3 is 2.71 bits per heavy atom. The second-order valence-electron chi connectivity index (χ2n) is 3.41. The molecule has 1 aromatic rings. The van der Waals surface area contributed by atoms with Crippen LogP contribution < -0.4 is 0 Å². The van der Waals surface area contributed by atoms with Gasteiger partial charge in [-0.15, -0.1) is 22.9 Å². The molecule has 0 spiro atoms. The maximum atomic E-state index is 9.66. The van der Waals surface area contributed by atoms with E-state index in [1.54, 1.807) is 11.3 Å². The molecule has 1 atom stereocenters. The van der Waals surface area contributed by atoms with Crippen molar-refractivity contribution in [2.75, 3.05) is 5.88 Å². The summed E-state index contributed by atoms with van der Waals surface area (Å²) >= 11 is 7.37. The first kappa shape index (κ1) is 12.0. The van der Waals surface area contributed by atoms with Crippen LogP contribution in [0.1, 0.15) is 29.5 Å². The van der Waals surface area contributed by atoms with Crippen LogP contribution in [0.2, 0.25) is 0 Å². The standard InChI is InChI=1S/C11H17ClOS/c1-2-10-5-6-11(14-10)8-9(13)4-3-7-12/h5-6,9,13H,2-4,7-8H2,1H3. The van der Waals surface area contributed by atoms with Gasteiger partial charge in [0.25, 0.3) is 0 Å². The molecule has 0 aliphatic heterocycles. The van der Waals surface area contributed by atoms with Gasteiger partial charge in [0.15, 0.2) is 0 Å². The second kappa shape index (κ2) is 6.44. The molecule has 14 heavy (non-hydrogen) atoms. The van der Waals surface area contributed by atoms with Gasteiger partial charge < -0.3 is 5.11 Å². The first-order valence-corrected chi connectivity index (χ1v) is 6.43. The molecular weight excluding hydrogens is 216 g/mol. The van der Waals surface area contributed by atoms with E-state index in [1.165, 1.54) is 9.75 Å². The number of halogens is 1. The Kier molecular flexibility index (Phi) is 5.53. The SMILES string of the molecule is CCc1ccc(CC(O)CCCCl)s1. The van der Waals surface area contributed by atoms with E-state index < -0.39 is 0 Å². The van der Waals surface area contributed by atoms with Crippen molar-refractivity contribution in [1.29, 1.82) is 0 Å². The Bertz CT molecular complexity index is 260. The predicted molar refractivity (Wildman–Crippen MR) is 63.4 cm³/mol. The van der Waals surface area contributed by atoms with Crippen LogP contribution in [-0.4, -0.2) is 17.1 Å². The zero-order chi connectivity index (χ0) is 10.4. The monoisotopic (exact) mass is 232 g/mol. The third-order valence-corrected chi connectivity index (χ3v) is 3.69. The van der Waals surface area contributed by atoms with Gasteiger partial charge in [-0.2, -0.15) is 0 Å². The van der Waals surface area contributed by atoms with Gasteiger partial charge in [-0.25, -0.2) is 0 Å². The van der Waals surface area contributed by atoms with Gasteiger partial charge in [0.05, 0.1) is 6.10 Å². The fourth-order valence-electron chi connectivity index (χ4n) is 1.37. The normalized spacial score (nSPS) is 13.1. The van der Waals surface area contributed by atoms with E-state index in [4.69, 9.17) is 11.6 Å². The molecule has 3 heteroatoms. The quantitative estimate of drug-likeness (QED) is 0.747.